The van der Waals surface area contributed by atoms with E-state index in [0.717, 1.165) is 32.5 Å². The van der Waals surface area contributed by atoms with E-state index in [4.69, 9.17) is 4.98 Å². The molecule has 3 heteroatoms. The molecule has 118 valence electrons. The van der Waals surface area contributed by atoms with E-state index in [1.165, 1.54) is 21.0 Å². The van der Waals surface area contributed by atoms with Gasteiger partial charge in [0.15, 0.2) is 0 Å². The maximum atomic E-state index is 5.03. The van der Waals surface area contributed by atoms with Gasteiger partial charge in [-0.05, 0) is 18.2 Å². The number of thiophene rings is 1. The zero-order chi connectivity index (χ0) is 16.8. The summed E-state index contributed by atoms with van der Waals surface area (Å²) in [6, 6.07) is 16.7. The second-order valence-electron chi connectivity index (χ2n) is 5.95. The first kappa shape index (κ1) is 14.9. The van der Waals surface area contributed by atoms with E-state index in [1.54, 1.807) is 11.3 Å². The molecule has 25 heavy (non-hydrogen) atoms. The van der Waals surface area contributed by atoms with E-state index in [0.29, 0.717) is 0 Å². The van der Waals surface area contributed by atoms with Crippen molar-refractivity contribution < 1.29 is 0 Å². The predicted octanol–water partition coefficient (Wildman–Crippen LogP) is 6.65. The van der Waals surface area contributed by atoms with Gasteiger partial charge in [0.1, 0.15) is 0 Å². The third kappa shape index (κ3) is 2.41. The van der Waals surface area contributed by atoms with Gasteiger partial charge in [0.2, 0.25) is 0 Å². The van der Waals surface area contributed by atoms with Crippen LogP contribution in [0.4, 0.5) is 0 Å². The van der Waals surface area contributed by atoms with Crippen molar-refractivity contribution in [1.29, 1.82) is 0 Å². The molecule has 5 rings (SSSR count). The summed E-state index contributed by atoms with van der Waals surface area (Å²) >= 11 is 5.37. The van der Waals surface area contributed by atoms with E-state index < -0.39 is 0 Å². The fourth-order valence-electron chi connectivity index (χ4n) is 3.27. The molecule has 0 saturated heterocycles. The molecule has 4 aromatic rings. The minimum atomic E-state index is 0.802. The second kappa shape index (κ2) is 5.84. The molecule has 2 aromatic heterocycles. The van der Waals surface area contributed by atoms with Gasteiger partial charge >= 0.3 is 0 Å². The number of para-hydroxylation sites is 1. The largest absolute Gasteiger partial charge is 0.247 e. The molecule has 1 aliphatic carbocycles. The molecule has 0 bridgehead atoms. The summed E-state index contributed by atoms with van der Waals surface area (Å²) in [6.07, 6.45) is 5.14. The van der Waals surface area contributed by atoms with Crippen molar-refractivity contribution in [2.24, 2.45) is 0 Å². The van der Waals surface area contributed by atoms with Crippen molar-refractivity contribution >= 4 is 54.3 Å². The van der Waals surface area contributed by atoms with Gasteiger partial charge in [-0.1, -0.05) is 70.3 Å². The van der Waals surface area contributed by atoms with Crippen LogP contribution in [0, 0.1) is 11.8 Å². The van der Waals surface area contributed by atoms with Crippen molar-refractivity contribution in [3.05, 3.63) is 69.5 Å². The number of nitrogens with zero attached hydrogens (tertiary/aromatic N) is 1. The number of benzene rings is 2. The highest BCUT2D eigenvalue weighted by Gasteiger charge is 2.18. The molecular formula is C22H12BrNS. The highest BCUT2D eigenvalue weighted by molar-refractivity contribution is 9.10. The van der Waals surface area contributed by atoms with Gasteiger partial charge in [0.25, 0.3) is 0 Å². The quantitative estimate of drug-likeness (QED) is 0.325. The normalized spacial score (nSPS) is 12.7. The first-order valence-electron chi connectivity index (χ1n) is 8.08. The minimum Gasteiger partial charge on any atom is -0.247 e. The zero-order valence-corrected chi connectivity index (χ0v) is 15.6. The van der Waals surface area contributed by atoms with Crippen LogP contribution in [0.2, 0.25) is 0 Å². The summed E-state index contributed by atoms with van der Waals surface area (Å²) in [4.78, 5) is 6.17. The van der Waals surface area contributed by atoms with Crippen LogP contribution >= 0.6 is 27.3 Å². The van der Waals surface area contributed by atoms with Gasteiger partial charge in [-0.2, -0.15) is 0 Å². The van der Waals surface area contributed by atoms with Gasteiger partial charge in [-0.25, -0.2) is 4.98 Å². The molecule has 0 atom stereocenters. The van der Waals surface area contributed by atoms with Crippen LogP contribution < -0.4 is 0 Å². The summed E-state index contributed by atoms with van der Waals surface area (Å²) in [5.74, 6) is 6.56. The average molecular weight is 402 g/mol. The fraction of sp³-hybridized carbons (Fsp3) is 0.0455. The van der Waals surface area contributed by atoms with Crippen LogP contribution in [0.25, 0.3) is 38.3 Å². The number of halogens is 1. The van der Waals surface area contributed by atoms with E-state index in [2.05, 4.69) is 76.3 Å². The lowest BCUT2D eigenvalue weighted by atomic mass is 10.0. The van der Waals surface area contributed by atoms with Gasteiger partial charge in [-0.3, -0.25) is 0 Å². The van der Waals surface area contributed by atoms with Crippen LogP contribution in [-0.4, -0.2) is 4.98 Å². The smallest absolute Gasteiger partial charge is 0.0854 e. The topological polar surface area (TPSA) is 12.9 Å². The molecule has 0 aliphatic heterocycles. The van der Waals surface area contributed by atoms with E-state index in [1.807, 2.05) is 12.1 Å². The molecule has 2 heterocycles. The number of aromatic nitrogens is 1. The maximum Gasteiger partial charge on any atom is 0.0854 e. The molecule has 0 N–H and O–H groups in total. The SMILES string of the molecule is Brc1cccc(-c2nc3ccccc3c3sc4c(c23)C=CCC#C4)c1. The van der Waals surface area contributed by atoms with Crippen molar-refractivity contribution in [3.63, 3.8) is 0 Å². The molecule has 0 unspecified atom stereocenters. The van der Waals surface area contributed by atoms with Gasteiger partial charge in [0.05, 0.1) is 16.1 Å². The van der Waals surface area contributed by atoms with E-state index >= 15 is 0 Å². The van der Waals surface area contributed by atoms with Gasteiger partial charge in [-0.15, -0.1) is 11.3 Å². The van der Waals surface area contributed by atoms with Gasteiger partial charge in [0, 0.05) is 37.5 Å². The summed E-state index contributed by atoms with van der Waals surface area (Å²) in [7, 11) is 0. The zero-order valence-electron chi connectivity index (χ0n) is 13.2. The first-order valence-corrected chi connectivity index (χ1v) is 9.69. The van der Waals surface area contributed by atoms with E-state index in [9.17, 15) is 0 Å². The predicted molar refractivity (Wildman–Crippen MR) is 111 cm³/mol. The van der Waals surface area contributed by atoms with Crippen LogP contribution in [-0.2, 0) is 0 Å². The Labute approximate surface area is 158 Å². The molecule has 0 fully saturated rings. The standard InChI is InChI=1S/C22H12BrNS/c23-15-8-6-7-14(13-15)21-20-17-10-2-1-3-12-19(17)25-22(20)16-9-4-5-11-18(16)24-21/h2,4-11,13H,1H2. The number of hydrogen-bond donors (Lipinski definition) is 0. The molecule has 1 nitrogen and oxygen atoms in total. The Balaban J connectivity index is 1.99. The van der Waals surface area contributed by atoms with Crippen LogP contribution in [0.3, 0.4) is 0 Å². The van der Waals surface area contributed by atoms with Crippen LogP contribution in [0.15, 0.2) is 59.1 Å². The summed E-state index contributed by atoms with van der Waals surface area (Å²) in [6.45, 7) is 0. The summed E-state index contributed by atoms with van der Waals surface area (Å²) < 4.78 is 2.33. The monoisotopic (exact) mass is 401 g/mol. The highest BCUT2D eigenvalue weighted by Crippen LogP contribution is 2.42. The molecule has 2 aromatic carbocycles. The first-order chi connectivity index (χ1) is 12.3. The Kier molecular flexibility index (Phi) is 3.48. The molecule has 1 aliphatic rings. The average Bonchev–Trinajstić information content (AvgIpc) is 2.84. The van der Waals surface area contributed by atoms with Crippen molar-refractivity contribution in [3.8, 4) is 23.1 Å². The lowest BCUT2D eigenvalue weighted by Crippen LogP contribution is -1.89. The van der Waals surface area contributed by atoms with Gasteiger partial charge < -0.3 is 0 Å². The van der Waals surface area contributed by atoms with E-state index in [-0.39, 0.29) is 0 Å². The number of pyridine rings is 1. The molecular weight excluding hydrogens is 390 g/mol. The number of fused-ring (bicyclic) bond motifs is 5. The lowest BCUT2D eigenvalue weighted by molar-refractivity contribution is 1.43. The Hall–Kier alpha value is -2.41. The fourth-order valence-corrected chi connectivity index (χ4v) is 4.87. The molecule has 0 radical (unpaired) electrons. The van der Waals surface area contributed by atoms with Crippen LogP contribution in [0.5, 0.6) is 0 Å². The Bertz CT molecular complexity index is 1240. The highest BCUT2D eigenvalue weighted by atomic mass is 79.9. The molecule has 0 amide bonds. The number of allylic oxidation sites excluding steroid dienone is 1. The number of hydrogen-bond acceptors (Lipinski definition) is 2. The van der Waals surface area contributed by atoms with Crippen LogP contribution in [0.1, 0.15) is 16.9 Å². The Morgan fingerprint density at radius 3 is 2.92 bits per heavy atom. The summed E-state index contributed by atoms with van der Waals surface area (Å²) in [5, 5.41) is 2.41. The van der Waals surface area contributed by atoms with Crippen molar-refractivity contribution in [2.45, 2.75) is 6.42 Å². The lowest BCUT2D eigenvalue weighted by Gasteiger charge is -2.08. The summed E-state index contributed by atoms with van der Waals surface area (Å²) in [5.41, 5.74) is 4.38. The molecule has 0 spiro atoms. The second-order valence-corrected chi connectivity index (χ2v) is 7.88. The minimum absolute atomic E-state index is 0.802. The van der Waals surface area contributed by atoms with Crippen molar-refractivity contribution in [1.82, 2.24) is 4.98 Å². The third-order valence-electron chi connectivity index (χ3n) is 4.37. The Morgan fingerprint density at radius 2 is 2.00 bits per heavy atom. The third-order valence-corrected chi connectivity index (χ3v) is 6.01. The number of rotatable bonds is 1. The Morgan fingerprint density at radius 1 is 1.08 bits per heavy atom. The van der Waals surface area contributed by atoms with Crippen molar-refractivity contribution in [2.75, 3.05) is 0 Å². The maximum absolute atomic E-state index is 5.03. The molecule has 0 saturated carbocycles.